The van der Waals surface area contributed by atoms with Gasteiger partial charge in [-0.15, -0.1) is 0 Å². The molecule has 0 atom stereocenters. The average Bonchev–Trinajstić information content (AvgIpc) is 3.49. The predicted octanol–water partition coefficient (Wildman–Crippen LogP) is 1.93. The summed E-state index contributed by atoms with van der Waals surface area (Å²) in [6, 6.07) is 0.281. The topological polar surface area (TPSA) is 87.8 Å². The van der Waals surface area contributed by atoms with Crippen molar-refractivity contribution in [3.63, 3.8) is 0 Å². The monoisotopic (exact) mass is 416 g/mol. The summed E-state index contributed by atoms with van der Waals surface area (Å²) >= 11 is 0. The number of nitrogen functional groups attached to an aromatic ring is 1. The second kappa shape index (κ2) is 9.92. The predicted molar refractivity (Wildman–Crippen MR) is 118 cm³/mol. The number of nitrogens with zero attached hydrogens (tertiary/aromatic N) is 5. The fourth-order valence-corrected chi connectivity index (χ4v) is 4.30. The molecule has 3 aliphatic rings. The molecule has 0 spiro atoms. The van der Waals surface area contributed by atoms with Gasteiger partial charge in [0.25, 0.3) is 0 Å². The number of rotatable bonds is 11. The van der Waals surface area contributed by atoms with E-state index in [9.17, 15) is 4.79 Å². The Morgan fingerprint density at radius 3 is 2.50 bits per heavy atom. The molecule has 1 amide bonds. The first-order valence-electron chi connectivity index (χ1n) is 11.7. The number of carbonyl (C=O) groups is 1. The number of fused-ring (bicyclic) bond motifs is 1. The molecule has 0 bridgehead atoms. The Kier molecular flexibility index (Phi) is 7.04. The van der Waals surface area contributed by atoms with Gasteiger partial charge in [-0.25, -0.2) is 0 Å². The van der Waals surface area contributed by atoms with Crippen LogP contribution in [0.25, 0.3) is 0 Å². The van der Waals surface area contributed by atoms with E-state index in [-0.39, 0.29) is 11.9 Å². The summed E-state index contributed by atoms with van der Waals surface area (Å²) in [7, 11) is 0. The third-order valence-electron chi connectivity index (χ3n) is 6.39. The van der Waals surface area contributed by atoms with Crippen LogP contribution in [0.1, 0.15) is 51.0 Å². The van der Waals surface area contributed by atoms with Gasteiger partial charge < -0.3 is 20.3 Å². The third kappa shape index (κ3) is 5.40. The summed E-state index contributed by atoms with van der Waals surface area (Å²) in [5.41, 5.74) is 6.82. The Morgan fingerprint density at radius 2 is 1.77 bits per heavy atom. The number of unbranched alkanes of at least 4 members (excludes halogenated alkanes) is 2. The van der Waals surface area contributed by atoms with E-state index in [1.54, 1.807) is 4.90 Å². The van der Waals surface area contributed by atoms with E-state index in [4.69, 9.17) is 10.5 Å². The molecule has 0 radical (unpaired) electrons. The van der Waals surface area contributed by atoms with Crippen LogP contribution in [0.4, 0.5) is 11.6 Å². The van der Waals surface area contributed by atoms with Crippen molar-refractivity contribution in [3.8, 4) is 6.01 Å². The number of piperazine rings is 1. The Morgan fingerprint density at radius 1 is 1.03 bits per heavy atom. The number of aromatic nitrogens is 2. The van der Waals surface area contributed by atoms with Crippen LogP contribution < -0.4 is 15.4 Å². The maximum atomic E-state index is 12.5. The van der Waals surface area contributed by atoms with Crippen LogP contribution in [-0.2, 0) is 11.2 Å². The third-order valence-corrected chi connectivity index (χ3v) is 6.39. The van der Waals surface area contributed by atoms with E-state index < -0.39 is 0 Å². The first-order chi connectivity index (χ1) is 14.6. The van der Waals surface area contributed by atoms with E-state index in [0.29, 0.717) is 31.2 Å². The molecular weight excluding hydrogens is 380 g/mol. The highest BCUT2D eigenvalue weighted by Gasteiger charge is 2.32. The van der Waals surface area contributed by atoms with Crippen molar-refractivity contribution in [1.29, 1.82) is 0 Å². The Balaban J connectivity index is 1.23. The van der Waals surface area contributed by atoms with Gasteiger partial charge in [-0.2, -0.15) is 9.97 Å². The van der Waals surface area contributed by atoms with Gasteiger partial charge in [0, 0.05) is 44.8 Å². The normalized spacial score (nSPS) is 20.0. The lowest BCUT2D eigenvalue weighted by Gasteiger charge is -2.34. The zero-order valence-corrected chi connectivity index (χ0v) is 18.3. The fraction of sp³-hybridized carbons (Fsp3) is 0.773. The molecule has 8 nitrogen and oxygen atoms in total. The highest BCUT2D eigenvalue weighted by molar-refractivity contribution is 6.01. The first-order valence-corrected chi connectivity index (χ1v) is 11.7. The molecule has 4 rings (SSSR count). The Bertz CT molecular complexity index is 731. The number of hydrogen-bond donors (Lipinski definition) is 1. The molecule has 1 aromatic rings. The second-order valence-electron chi connectivity index (χ2n) is 8.91. The zero-order chi connectivity index (χ0) is 20.9. The Hall–Kier alpha value is -1.93. The quantitative estimate of drug-likeness (QED) is 0.552. The number of carbonyl (C=O) groups excluding carboxylic acids is 1. The van der Waals surface area contributed by atoms with Crippen LogP contribution in [0.15, 0.2) is 0 Å². The lowest BCUT2D eigenvalue weighted by Crippen LogP contribution is -2.47. The molecule has 2 N–H and O–H groups in total. The largest absolute Gasteiger partial charge is 0.463 e. The van der Waals surface area contributed by atoms with Crippen LogP contribution >= 0.6 is 0 Å². The van der Waals surface area contributed by atoms with Gasteiger partial charge in [-0.05, 0) is 44.6 Å². The number of hydrogen-bond acceptors (Lipinski definition) is 7. The molecule has 30 heavy (non-hydrogen) atoms. The van der Waals surface area contributed by atoms with E-state index in [1.165, 1.54) is 45.6 Å². The number of anilines is 2. The standard InChI is InChI=1S/C22H36N6O2/c1-2-3-14-30-22-24-20(23)18-15-19(29)28(21(18)25-22)9-5-4-8-26-10-12-27(13-11-26)16-17-6-7-17/h17H,2-16H2,1H3,(H2,23,24,25). The molecule has 2 fully saturated rings. The molecule has 3 heterocycles. The van der Waals surface area contributed by atoms with Crippen molar-refractivity contribution < 1.29 is 9.53 Å². The number of amides is 1. The van der Waals surface area contributed by atoms with Crippen molar-refractivity contribution in [2.75, 3.05) is 63.1 Å². The highest BCUT2D eigenvalue weighted by atomic mass is 16.5. The van der Waals surface area contributed by atoms with Crippen LogP contribution in [0.3, 0.4) is 0 Å². The number of nitrogens with two attached hydrogens (primary N) is 1. The van der Waals surface area contributed by atoms with Gasteiger partial charge in [-0.1, -0.05) is 13.3 Å². The molecule has 0 aromatic carbocycles. The summed E-state index contributed by atoms with van der Waals surface area (Å²) in [5, 5.41) is 0. The van der Waals surface area contributed by atoms with Crippen LogP contribution in [0.2, 0.25) is 0 Å². The molecule has 166 valence electrons. The maximum absolute atomic E-state index is 12.5. The van der Waals surface area contributed by atoms with E-state index in [0.717, 1.165) is 43.7 Å². The summed E-state index contributed by atoms with van der Waals surface area (Å²) in [5.74, 6) is 2.05. The highest BCUT2D eigenvalue weighted by Crippen LogP contribution is 2.32. The summed E-state index contributed by atoms with van der Waals surface area (Å²) < 4.78 is 5.63. The fourth-order valence-electron chi connectivity index (χ4n) is 4.30. The van der Waals surface area contributed by atoms with Gasteiger partial charge in [-0.3, -0.25) is 9.69 Å². The lowest BCUT2D eigenvalue weighted by atomic mass is 10.2. The lowest BCUT2D eigenvalue weighted by molar-refractivity contribution is -0.117. The van der Waals surface area contributed by atoms with Gasteiger partial charge in [0.05, 0.1) is 13.0 Å². The van der Waals surface area contributed by atoms with E-state index in [1.807, 2.05) is 0 Å². The first kappa shape index (κ1) is 21.3. The summed E-state index contributed by atoms with van der Waals surface area (Å²) in [4.78, 5) is 28.2. The molecule has 1 saturated carbocycles. The summed E-state index contributed by atoms with van der Waals surface area (Å²) in [6.07, 6.45) is 7.19. The smallest absolute Gasteiger partial charge is 0.320 e. The van der Waals surface area contributed by atoms with E-state index >= 15 is 0 Å². The minimum atomic E-state index is 0.0606. The molecule has 1 saturated heterocycles. The molecule has 1 aliphatic carbocycles. The van der Waals surface area contributed by atoms with E-state index in [2.05, 4.69) is 26.7 Å². The molecule has 2 aliphatic heterocycles. The maximum Gasteiger partial charge on any atom is 0.320 e. The van der Waals surface area contributed by atoms with Crippen LogP contribution in [-0.4, -0.2) is 78.1 Å². The van der Waals surface area contributed by atoms with Crippen LogP contribution in [0.5, 0.6) is 6.01 Å². The second-order valence-corrected chi connectivity index (χ2v) is 8.91. The van der Waals surface area contributed by atoms with Gasteiger partial charge in [0.15, 0.2) is 0 Å². The van der Waals surface area contributed by atoms with Crippen molar-refractivity contribution in [2.24, 2.45) is 5.92 Å². The van der Waals surface area contributed by atoms with Gasteiger partial charge in [0.2, 0.25) is 5.91 Å². The zero-order valence-electron chi connectivity index (χ0n) is 18.3. The molecule has 8 heteroatoms. The molecule has 1 aromatic heterocycles. The van der Waals surface area contributed by atoms with Crippen molar-refractivity contribution in [3.05, 3.63) is 5.56 Å². The Labute approximate surface area is 179 Å². The minimum Gasteiger partial charge on any atom is -0.463 e. The minimum absolute atomic E-state index is 0.0606. The van der Waals surface area contributed by atoms with Crippen molar-refractivity contribution in [1.82, 2.24) is 19.8 Å². The average molecular weight is 417 g/mol. The molecule has 0 unspecified atom stereocenters. The summed E-state index contributed by atoms with van der Waals surface area (Å²) in [6.45, 7) is 10.5. The number of ether oxygens (including phenoxy) is 1. The van der Waals surface area contributed by atoms with Crippen molar-refractivity contribution in [2.45, 2.75) is 51.9 Å². The van der Waals surface area contributed by atoms with Crippen molar-refractivity contribution >= 4 is 17.5 Å². The SMILES string of the molecule is CCCCOc1nc(N)c2c(n1)N(CCCCN1CCN(CC3CC3)CC1)C(=O)C2. The van der Waals surface area contributed by atoms with Crippen LogP contribution in [0, 0.1) is 5.92 Å². The van der Waals surface area contributed by atoms with Gasteiger partial charge >= 0.3 is 6.01 Å². The van der Waals surface area contributed by atoms with Gasteiger partial charge in [0.1, 0.15) is 11.6 Å². The molecular formula is C22H36N6O2.